The Labute approximate surface area is 220 Å². The maximum atomic E-state index is 13.6. The second-order valence-corrected chi connectivity index (χ2v) is 10.3. The van der Waals surface area contributed by atoms with Crippen molar-refractivity contribution in [2.24, 2.45) is 0 Å². The molecule has 2 aromatic carbocycles. The molecule has 7 nitrogen and oxygen atoms in total. The van der Waals surface area contributed by atoms with Gasteiger partial charge in [-0.15, -0.1) is 0 Å². The van der Waals surface area contributed by atoms with Crippen LogP contribution in [0.25, 0.3) is 5.57 Å². The van der Waals surface area contributed by atoms with E-state index in [1.807, 2.05) is 12.1 Å². The van der Waals surface area contributed by atoms with E-state index < -0.39 is 0 Å². The van der Waals surface area contributed by atoms with Gasteiger partial charge in [-0.25, -0.2) is 0 Å². The van der Waals surface area contributed by atoms with E-state index in [0.717, 1.165) is 25.7 Å². The van der Waals surface area contributed by atoms with Crippen molar-refractivity contribution in [3.8, 4) is 5.75 Å². The van der Waals surface area contributed by atoms with E-state index in [0.29, 0.717) is 44.0 Å². The zero-order valence-corrected chi connectivity index (χ0v) is 22.0. The van der Waals surface area contributed by atoms with Crippen molar-refractivity contribution in [1.82, 2.24) is 4.90 Å². The van der Waals surface area contributed by atoms with Gasteiger partial charge in [-0.05, 0) is 36.8 Å². The number of methoxy groups -OCH3 is 1. The Hall–Kier alpha value is -3.17. The van der Waals surface area contributed by atoms with Gasteiger partial charge in [-0.3, -0.25) is 24.2 Å². The van der Waals surface area contributed by atoms with E-state index in [2.05, 4.69) is 12.2 Å². The lowest BCUT2D eigenvalue weighted by atomic mass is 10.1. The van der Waals surface area contributed by atoms with Gasteiger partial charge in [-0.1, -0.05) is 74.8 Å². The van der Waals surface area contributed by atoms with E-state index in [4.69, 9.17) is 17.0 Å². The third kappa shape index (κ3) is 5.47. The number of hydrogen-bond donors (Lipinski definition) is 1. The number of fused-ring (bicyclic) bond motifs is 1. The summed E-state index contributed by atoms with van der Waals surface area (Å²) in [6.45, 7) is 2.54. The maximum absolute atomic E-state index is 13.6. The Morgan fingerprint density at radius 2 is 1.69 bits per heavy atom. The maximum Gasteiger partial charge on any atom is 0.267 e. The van der Waals surface area contributed by atoms with Crippen LogP contribution in [0.3, 0.4) is 0 Å². The Balaban J connectivity index is 1.52. The van der Waals surface area contributed by atoms with Crippen molar-refractivity contribution >= 4 is 63.0 Å². The first-order valence-corrected chi connectivity index (χ1v) is 13.3. The highest BCUT2D eigenvalue weighted by Crippen LogP contribution is 2.44. The lowest BCUT2D eigenvalue weighted by Gasteiger charge is -2.17. The predicted octanol–water partition coefficient (Wildman–Crippen LogP) is 5.22. The van der Waals surface area contributed by atoms with Crippen molar-refractivity contribution in [1.29, 1.82) is 0 Å². The molecule has 1 N–H and O–H groups in total. The summed E-state index contributed by atoms with van der Waals surface area (Å²) in [5.41, 5.74) is 2.16. The number of amides is 3. The molecule has 0 saturated carbocycles. The molecule has 1 fully saturated rings. The number of thiocarbonyl (C=S) groups is 1. The van der Waals surface area contributed by atoms with E-state index in [9.17, 15) is 14.4 Å². The molecule has 0 unspecified atom stereocenters. The Bertz CT molecular complexity index is 1210. The molecule has 36 heavy (non-hydrogen) atoms. The van der Waals surface area contributed by atoms with Gasteiger partial charge in [0.2, 0.25) is 5.91 Å². The standard InChI is InChI=1S/C27H29N3O4S2/c1-3-4-5-6-9-16-29-26(33)24(36-27(29)35)23-20-10-7-8-11-21(20)30(25(23)32)17-22(31)28-18-12-14-19(34-2)15-13-18/h7-8,10-15H,3-6,9,16-17H2,1-2H3,(H,28,31)/b24-23-. The van der Waals surface area contributed by atoms with Gasteiger partial charge in [0.1, 0.15) is 16.6 Å². The number of ether oxygens (including phenoxy) is 1. The summed E-state index contributed by atoms with van der Waals surface area (Å²) in [5, 5.41) is 2.81. The largest absolute Gasteiger partial charge is 0.497 e. The van der Waals surface area contributed by atoms with Gasteiger partial charge < -0.3 is 10.1 Å². The lowest BCUT2D eigenvalue weighted by Crippen LogP contribution is -2.35. The quantitative estimate of drug-likeness (QED) is 0.261. The minimum absolute atomic E-state index is 0.177. The van der Waals surface area contributed by atoms with Gasteiger partial charge in [-0.2, -0.15) is 0 Å². The third-order valence-electron chi connectivity index (χ3n) is 6.16. The molecule has 0 aliphatic carbocycles. The van der Waals surface area contributed by atoms with Gasteiger partial charge in [0.25, 0.3) is 11.8 Å². The first kappa shape index (κ1) is 25.9. The molecule has 2 aliphatic heterocycles. The van der Waals surface area contributed by atoms with Gasteiger partial charge in [0, 0.05) is 17.8 Å². The monoisotopic (exact) mass is 523 g/mol. The van der Waals surface area contributed by atoms with E-state index in [-0.39, 0.29) is 24.3 Å². The summed E-state index contributed by atoms with van der Waals surface area (Å²) in [6, 6.07) is 14.2. The molecular formula is C27H29N3O4S2. The fraction of sp³-hybridized carbons (Fsp3) is 0.333. The number of anilines is 2. The number of thioether (sulfide) groups is 1. The second kappa shape index (κ2) is 11.7. The molecule has 0 aromatic heterocycles. The summed E-state index contributed by atoms with van der Waals surface area (Å²) in [7, 11) is 1.57. The number of hydrogen-bond acceptors (Lipinski definition) is 6. The summed E-state index contributed by atoms with van der Waals surface area (Å²) in [6.07, 6.45) is 5.37. The molecule has 0 spiro atoms. The topological polar surface area (TPSA) is 79.0 Å². The highest BCUT2D eigenvalue weighted by molar-refractivity contribution is 8.26. The number of para-hydroxylation sites is 1. The minimum Gasteiger partial charge on any atom is -0.497 e. The molecule has 9 heteroatoms. The average molecular weight is 524 g/mol. The fourth-order valence-electron chi connectivity index (χ4n) is 4.29. The Kier molecular flexibility index (Phi) is 8.43. The van der Waals surface area contributed by atoms with Crippen LogP contribution in [0.4, 0.5) is 11.4 Å². The van der Waals surface area contributed by atoms with Crippen molar-refractivity contribution in [2.45, 2.75) is 39.0 Å². The molecule has 2 aromatic rings. The Morgan fingerprint density at radius 3 is 2.42 bits per heavy atom. The third-order valence-corrected chi connectivity index (χ3v) is 7.61. The van der Waals surface area contributed by atoms with Crippen molar-refractivity contribution in [2.75, 3.05) is 30.4 Å². The molecule has 2 aliphatic rings. The molecule has 2 heterocycles. The number of benzene rings is 2. The van der Waals surface area contributed by atoms with Crippen LogP contribution in [0.1, 0.15) is 44.6 Å². The smallest absolute Gasteiger partial charge is 0.267 e. The number of nitrogens with zero attached hydrogens (tertiary/aromatic N) is 2. The van der Waals surface area contributed by atoms with Crippen LogP contribution in [0.2, 0.25) is 0 Å². The zero-order valence-electron chi connectivity index (χ0n) is 20.4. The normalized spacial score (nSPS) is 17.1. The summed E-state index contributed by atoms with van der Waals surface area (Å²) < 4.78 is 5.61. The highest BCUT2D eigenvalue weighted by atomic mass is 32.2. The van der Waals surface area contributed by atoms with Gasteiger partial charge >= 0.3 is 0 Å². The van der Waals surface area contributed by atoms with Crippen LogP contribution in [0, 0.1) is 0 Å². The predicted molar refractivity (Wildman–Crippen MR) is 148 cm³/mol. The average Bonchev–Trinajstić information content (AvgIpc) is 3.31. The van der Waals surface area contributed by atoms with E-state index >= 15 is 0 Å². The van der Waals surface area contributed by atoms with Crippen molar-refractivity contribution in [3.63, 3.8) is 0 Å². The number of carbonyl (C=O) groups excluding carboxylic acids is 3. The highest BCUT2D eigenvalue weighted by Gasteiger charge is 2.42. The summed E-state index contributed by atoms with van der Waals surface area (Å²) in [5.74, 6) is -0.267. The van der Waals surface area contributed by atoms with Crippen LogP contribution in [0.15, 0.2) is 53.4 Å². The van der Waals surface area contributed by atoms with E-state index in [1.54, 1.807) is 48.4 Å². The molecule has 0 bridgehead atoms. The fourth-order valence-corrected chi connectivity index (χ4v) is 5.67. The first-order valence-electron chi connectivity index (χ1n) is 12.1. The van der Waals surface area contributed by atoms with Crippen molar-refractivity contribution in [3.05, 3.63) is 59.0 Å². The molecule has 0 atom stereocenters. The van der Waals surface area contributed by atoms with Crippen LogP contribution in [0.5, 0.6) is 5.75 Å². The number of carbonyl (C=O) groups is 3. The Morgan fingerprint density at radius 1 is 0.972 bits per heavy atom. The van der Waals surface area contributed by atoms with E-state index in [1.165, 1.54) is 23.1 Å². The van der Waals surface area contributed by atoms with Crippen molar-refractivity contribution < 1.29 is 19.1 Å². The lowest BCUT2D eigenvalue weighted by molar-refractivity contribution is -0.122. The van der Waals surface area contributed by atoms with Crippen LogP contribution in [-0.4, -0.2) is 47.1 Å². The number of unbranched alkanes of at least 4 members (excludes halogenated alkanes) is 4. The SMILES string of the molecule is CCCCCCCN1C(=O)/C(=C2/C(=O)N(CC(=O)Nc3ccc(OC)cc3)c3ccccc32)SC1=S. The first-order chi connectivity index (χ1) is 17.4. The molecule has 1 saturated heterocycles. The number of nitrogens with one attached hydrogen (secondary N) is 1. The zero-order chi connectivity index (χ0) is 25.7. The molecule has 0 radical (unpaired) electrons. The van der Waals surface area contributed by atoms with Crippen LogP contribution in [-0.2, 0) is 14.4 Å². The summed E-state index contributed by atoms with van der Waals surface area (Å²) >= 11 is 6.66. The molecule has 3 amide bonds. The second-order valence-electron chi connectivity index (χ2n) is 8.63. The minimum atomic E-state index is -0.371. The summed E-state index contributed by atoms with van der Waals surface area (Å²) in [4.78, 5) is 43.0. The number of rotatable bonds is 10. The van der Waals surface area contributed by atoms with Gasteiger partial charge in [0.15, 0.2) is 0 Å². The van der Waals surface area contributed by atoms with Crippen LogP contribution < -0.4 is 15.0 Å². The van der Waals surface area contributed by atoms with Gasteiger partial charge in [0.05, 0.1) is 23.3 Å². The molecule has 4 rings (SSSR count). The van der Waals surface area contributed by atoms with Crippen LogP contribution >= 0.6 is 24.0 Å². The molecular weight excluding hydrogens is 494 g/mol. The molecule has 188 valence electrons.